The van der Waals surface area contributed by atoms with Crippen LogP contribution in [0.25, 0.3) is 10.9 Å². The van der Waals surface area contributed by atoms with Gasteiger partial charge < -0.3 is 10.5 Å². The number of nitrogens with zero attached hydrogens (tertiary/aromatic N) is 2. The fourth-order valence-corrected chi connectivity index (χ4v) is 1.47. The second-order valence-corrected chi connectivity index (χ2v) is 3.01. The van der Waals surface area contributed by atoms with Crippen LogP contribution in [0.1, 0.15) is 5.82 Å². The van der Waals surface area contributed by atoms with Crippen molar-refractivity contribution in [1.29, 1.82) is 0 Å². The molecular formula is C10H11N3O. The fraction of sp³-hybridized carbons (Fsp3) is 0.200. The summed E-state index contributed by atoms with van der Waals surface area (Å²) in [4.78, 5) is 8.37. The van der Waals surface area contributed by atoms with E-state index in [1.54, 1.807) is 7.11 Å². The number of hydrogen-bond acceptors (Lipinski definition) is 4. The molecule has 0 amide bonds. The molecule has 1 aromatic heterocycles. The lowest BCUT2D eigenvalue weighted by Crippen LogP contribution is -1.98. The molecule has 4 nitrogen and oxygen atoms in total. The van der Waals surface area contributed by atoms with Crippen molar-refractivity contribution < 1.29 is 4.74 Å². The van der Waals surface area contributed by atoms with Gasteiger partial charge in [0.1, 0.15) is 17.4 Å². The monoisotopic (exact) mass is 189 g/mol. The van der Waals surface area contributed by atoms with Gasteiger partial charge in [0, 0.05) is 0 Å². The molecular weight excluding hydrogens is 178 g/mol. The van der Waals surface area contributed by atoms with Gasteiger partial charge >= 0.3 is 0 Å². The van der Waals surface area contributed by atoms with Gasteiger partial charge in [0.2, 0.25) is 0 Å². The van der Waals surface area contributed by atoms with E-state index < -0.39 is 0 Å². The maximum atomic E-state index is 5.80. The first-order valence-corrected chi connectivity index (χ1v) is 4.29. The molecule has 2 N–H and O–H groups in total. The van der Waals surface area contributed by atoms with Crippen molar-refractivity contribution >= 4 is 16.7 Å². The number of aryl methyl sites for hydroxylation is 1. The Morgan fingerprint density at radius 1 is 1.29 bits per heavy atom. The third-order valence-corrected chi connectivity index (χ3v) is 2.04. The highest BCUT2D eigenvalue weighted by Crippen LogP contribution is 2.27. The average Bonchev–Trinajstić information content (AvgIpc) is 2.16. The van der Waals surface area contributed by atoms with Crippen LogP contribution in [0.5, 0.6) is 5.75 Å². The van der Waals surface area contributed by atoms with Crippen molar-refractivity contribution in [3.05, 3.63) is 24.0 Å². The van der Waals surface area contributed by atoms with E-state index in [0.29, 0.717) is 17.4 Å². The summed E-state index contributed by atoms with van der Waals surface area (Å²) in [5, 5.41) is 0.778. The molecule has 0 bridgehead atoms. The minimum atomic E-state index is 0.463. The summed E-state index contributed by atoms with van der Waals surface area (Å²) < 4.78 is 5.19. The molecule has 0 fully saturated rings. The number of fused-ring (bicyclic) bond motifs is 1. The van der Waals surface area contributed by atoms with E-state index in [1.165, 1.54) is 0 Å². The molecule has 0 unspecified atom stereocenters. The van der Waals surface area contributed by atoms with Crippen LogP contribution in [-0.4, -0.2) is 17.1 Å². The first-order chi connectivity index (χ1) is 6.72. The van der Waals surface area contributed by atoms with Crippen LogP contribution in [0.15, 0.2) is 18.2 Å². The first kappa shape index (κ1) is 8.74. The summed E-state index contributed by atoms with van der Waals surface area (Å²) in [6, 6.07) is 5.62. The Morgan fingerprint density at radius 3 is 2.79 bits per heavy atom. The minimum Gasteiger partial charge on any atom is -0.496 e. The van der Waals surface area contributed by atoms with Gasteiger partial charge in [-0.25, -0.2) is 9.97 Å². The predicted molar refractivity (Wildman–Crippen MR) is 55.2 cm³/mol. The molecule has 1 aromatic carbocycles. The molecule has 1 heterocycles. The predicted octanol–water partition coefficient (Wildman–Crippen LogP) is 1.53. The van der Waals surface area contributed by atoms with Crippen LogP contribution < -0.4 is 10.5 Å². The van der Waals surface area contributed by atoms with Gasteiger partial charge in [0.25, 0.3) is 0 Å². The summed E-state index contributed by atoms with van der Waals surface area (Å²) in [5.41, 5.74) is 6.62. The molecule has 4 heteroatoms. The lowest BCUT2D eigenvalue weighted by Gasteiger charge is -2.06. The summed E-state index contributed by atoms with van der Waals surface area (Å²) in [5.74, 6) is 1.84. The Bertz CT molecular complexity index is 482. The molecule has 0 aliphatic rings. The second-order valence-electron chi connectivity index (χ2n) is 3.01. The Balaban J connectivity index is 2.87. The fourth-order valence-electron chi connectivity index (χ4n) is 1.47. The second kappa shape index (κ2) is 3.14. The minimum absolute atomic E-state index is 0.463. The van der Waals surface area contributed by atoms with Gasteiger partial charge in [-0.15, -0.1) is 0 Å². The number of nitrogens with two attached hydrogens (primary N) is 1. The third-order valence-electron chi connectivity index (χ3n) is 2.04. The van der Waals surface area contributed by atoms with Crippen LogP contribution in [0.2, 0.25) is 0 Å². The lowest BCUT2D eigenvalue weighted by atomic mass is 10.2. The normalized spacial score (nSPS) is 10.4. The summed E-state index contributed by atoms with van der Waals surface area (Å²) >= 11 is 0. The number of methoxy groups -OCH3 is 1. The Labute approximate surface area is 81.7 Å². The Kier molecular flexibility index (Phi) is 1.96. The summed E-state index contributed by atoms with van der Waals surface area (Å²) in [6.45, 7) is 1.81. The SMILES string of the molecule is COc1cccc2nc(C)nc(N)c12. The maximum Gasteiger partial charge on any atom is 0.138 e. The molecule has 0 aliphatic carbocycles. The smallest absolute Gasteiger partial charge is 0.138 e. The van der Waals surface area contributed by atoms with Crippen molar-refractivity contribution in [3.8, 4) is 5.75 Å². The Morgan fingerprint density at radius 2 is 2.07 bits per heavy atom. The highest BCUT2D eigenvalue weighted by atomic mass is 16.5. The van der Waals surface area contributed by atoms with Crippen molar-refractivity contribution in [2.75, 3.05) is 12.8 Å². The highest BCUT2D eigenvalue weighted by Gasteiger charge is 2.07. The zero-order chi connectivity index (χ0) is 10.1. The quantitative estimate of drug-likeness (QED) is 0.739. The topological polar surface area (TPSA) is 61.0 Å². The third kappa shape index (κ3) is 1.25. The van der Waals surface area contributed by atoms with Gasteiger partial charge in [0.05, 0.1) is 18.0 Å². The van der Waals surface area contributed by atoms with Crippen molar-refractivity contribution in [2.45, 2.75) is 6.92 Å². The zero-order valence-electron chi connectivity index (χ0n) is 8.11. The lowest BCUT2D eigenvalue weighted by molar-refractivity contribution is 0.420. The van der Waals surface area contributed by atoms with E-state index in [0.717, 1.165) is 10.9 Å². The zero-order valence-corrected chi connectivity index (χ0v) is 8.11. The van der Waals surface area contributed by atoms with Gasteiger partial charge in [-0.2, -0.15) is 0 Å². The number of benzene rings is 1. The summed E-state index contributed by atoms with van der Waals surface area (Å²) in [6.07, 6.45) is 0. The molecule has 0 atom stereocenters. The van der Waals surface area contributed by atoms with Crippen LogP contribution in [0.4, 0.5) is 5.82 Å². The number of hydrogen-bond donors (Lipinski definition) is 1. The molecule has 72 valence electrons. The van der Waals surface area contributed by atoms with Gasteiger partial charge in [-0.3, -0.25) is 0 Å². The van der Waals surface area contributed by atoms with Crippen molar-refractivity contribution in [1.82, 2.24) is 9.97 Å². The van der Waals surface area contributed by atoms with E-state index in [9.17, 15) is 0 Å². The Hall–Kier alpha value is -1.84. The van der Waals surface area contributed by atoms with E-state index >= 15 is 0 Å². The van der Waals surface area contributed by atoms with E-state index in [-0.39, 0.29) is 0 Å². The largest absolute Gasteiger partial charge is 0.496 e. The molecule has 0 radical (unpaired) electrons. The molecule has 2 rings (SSSR count). The van der Waals surface area contributed by atoms with Crippen LogP contribution in [0, 0.1) is 6.92 Å². The molecule has 14 heavy (non-hydrogen) atoms. The summed E-state index contributed by atoms with van der Waals surface area (Å²) in [7, 11) is 1.61. The highest BCUT2D eigenvalue weighted by molar-refractivity contribution is 5.93. The number of ether oxygens (including phenoxy) is 1. The van der Waals surface area contributed by atoms with E-state index in [1.807, 2.05) is 25.1 Å². The molecule has 0 aliphatic heterocycles. The number of nitrogen functional groups attached to an aromatic ring is 1. The number of aromatic nitrogens is 2. The van der Waals surface area contributed by atoms with Crippen molar-refractivity contribution in [3.63, 3.8) is 0 Å². The molecule has 2 aromatic rings. The number of rotatable bonds is 1. The van der Waals surface area contributed by atoms with Crippen LogP contribution >= 0.6 is 0 Å². The van der Waals surface area contributed by atoms with E-state index in [4.69, 9.17) is 10.5 Å². The molecule has 0 saturated heterocycles. The van der Waals surface area contributed by atoms with E-state index in [2.05, 4.69) is 9.97 Å². The average molecular weight is 189 g/mol. The first-order valence-electron chi connectivity index (χ1n) is 4.29. The standard InChI is InChI=1S/C10H11N3O/c1-6-12-7-4-3-5-8(14-2)9(7)10(11)13-6/h3-5H,1-2H3,(H2,11,12,13). The van der Waals surface area contributed by atoms with Crippen molar-refractivity contribution in [2.24, 2.45) is 0 Å². The van der Waals surface area contributed by atoms with Gasteiger partial charge in [-0.05, 0) is 19.1 Å². The van der Waals surface area contributed by atoms with Gasteiger partial charge in [-0.1, -0.05) is 6.07 Å². The van der Waals surface area contributed by atoms with Crippen LogP contribution in [-0.2, 0) is 0 Å². The molecule has 0 saturated carbocycles. The number of anilines is 1. The van der Waals surface area contributed by atoms with Crippen LogP contribution in [0.3, 0.4) is 0 Å². The maximum absolute atomic E-state index is 5.80. The van der Waals surface area contributed by atoms with Gasteiger partial charge in [0.15, 0.2) is 0 Å². The molecule has 0 spiro atoms.